The Kier molecular flexibility index (Phi) is 3.13. The van der Waals surface area contributed by atoms with Crippen molar-refractivity contribution in [3.63, 3.8) is 0 Å². The van der Waals surface area contributed by atoms with E-state index >= 15 is 0 Å². The Bertz CT molecular complexity index is 457. The van der Waals surface area contributed by atoms with Crippen LogP contribution in [0.5, 0.6) is 0 Å². The van der Waals surface area contributed by atoms with Crippen molar-refractivity contribution in [3.05, 3.63) is 33.9 Å². The summed E-state index contributed by atoms with van der Waals surface area (Å²) in [5.41, 5.74) is 0.953. The summed E-state index contributed by atoms with van der Waals surface area (Å²) in [6.07, 6.45) is 0. The number of nitrogens with zero attached hydrogens (tertiary/aromatic N) is 3. The third-order valence-electron chi connectivity index (χ3n) is 1.89. The molecule has 0 amide bonds. The summed E-state index contributed by atoms with van der Waals surface area (Å²) in [6.45, 7) is 2.61. The molecule has 1 N–H and O–H groups in total. The van der Waals surface area contributed by atoms with E-state index in [2.05, 4.69) is 19.9 Å². The van der Waals surface area contributed by atoms with Gasteiger partial charge in [0.15, 0.2) is 0 Å². The maximum atomic E-state index is 5.76. The fraction of sp³-hybridized carbons (Fsp3) is 0.222. The van der Waals surface area contributed by atoms with Crippen LogP contribution in [0.1, 0.15) is 10.6 Å². The quantitative estimate of drug-likeness (QED) is 0.838. The first-order valence-electron chi connectivity index (χ1n) is 4.40. The first-order chi connectivity index (χ1) is 7.25. The van der Waals surface area contributed by atoms with E-state index in [-0.39, 0.29) is 0 Å². The normalized spacial score (nSPS) is 10.3. The molecule has 0 radical (unpaired) electrons. The largest absolute Gasteiger partial charge is 0.365 e. The molecule has 0 unspecified atom stereocenters. The molecule has 2 heterocycles. The van der Waals surface area contributed by atoms with Gasteiger partial charge < -0.3 is 5.32 Å². The maximum Gasteiger partial charge on any atom is 0.131 e. The standard InChI is InChI=1S/C9H9ClN4S/c1-6-7(15-14-13-6)5-11-9-4-2-3-8(10)12-9/h2-4H,5H2,1H3,(H,11,12). The predicted molar refractivity (Wildman–Crippen MR) is 61.2 cm³/mol. The lowest BCUT2D eigenvalue weighted by molar-refractivity contribution is 1.05. The monoisotopic (exact) mass is 240 g/mol. The van der Waals surface area contributed by atoms with Crippen LogP contribution in [-0.4, -0.2) is 14.6 Å². The van der Waals surface area contributed by atoms with Crippen LogP contribution in [-0.2, 0) is 6.54 Å². The number of pyridine rings is 1. The predicted octanol–water partition coefficient (Wildman–Crippen LogP) is 2.51. The molecule has 0 saturated heterocycles. The van der Waals surface area contributed by atoms with E-state index < -0.39 is 0 Å². The lowest BCUT2D eigenvalue weighted by atomic mass is 10.4. The SMILES string of the molecule is Cc1nnsc1CNc1cccc(Cl)n1. The van der Waals surface area contributed by atoms with Gasteiger partial charge in [0.05, 0.1) is 17.1 Å². The van der Waals surface area contributed by atoms with E-state index in [0.717, 1.165) is 16.4 Å². The Hall–Kier alpha value is -1.20. The van der Waals surface area contributed by atoms with E-state index in [4.69, 9.17) is 11.6 Å². The van der Waals surface area contributed by atoms with Crippen molar-refractivity contribution in [2.24, 2.45) is 0 Å². The van der Waals surface area contributed by atoms with Crippen molar-refractivity contribution < 1.29 is 0 Å². The Labute approximate surface area is 96.5 Å². The van der Waals surface area contributed by atoms with Crippen LogP contribution in [0.3, 0.4) is 0 Å². The fourth-order valence-electron chi connectivity index (χ4n) is 1.09. The molecule has 0 spiro atoms. The van der Waals surface area contributed by atoms with Crippen LogP contribution in [0.15, 0.2) is 18.2 Å². The summed E-state index contributed by atoms with van der Waals surface area (Å²) < 4.78 is 3.86. The minimum atomic E-state index is 0.485. The molecule has 0 atom stereocenters. The number of halogens is 1. The number of rotatable bonds is 3. The average Bonchev–Trinajstić information content (AvgIpc) is 2.61. The zero-order valence-electron chi connectivity index (χ0n) is 8.07. The van der Waals surface area contributed by atoms with Crippen LogP contribution in [0.4, 0.5) is 5.82 Å². The molecule has 0 aliphatic heterocycles. The highest BCUT2D eigenvalue weighted by Gasteiger charge is 2.02. The third kappa shape index (κ3) is 2.64. The average molecular weight is 241 g/mol. The van der Waals surface area contributed by atoms with Crippen molar-refractivity contribution >= 4 is 29.0 Å². The fourth-order valence-corrected chi connectivity index (χ4v) is 1.83. The van der Waals surface area contributed by atoms with Gasteiger partial charge in [0.25, 0.3) is 0 Å². The summed E-state index contributed by atoms with van der Waals surface area (Å²) >= 11 is 7.15. The molecule has 15 heavy (non-hydrogen) atoms. The van der Waals surface area contributed by atoms with Crippen LogP contribution in [0, 0.1) is 6.92 Å². The second-order valence-corrected chi connectivity index (χ2v) is 4.21. The Balaban J connectivity index is 2.02. The summed E-state index contributed by atoms with van der Waals surface area (Å²) in [5.74, 6) is 0.760. The van der Waals surface area contributed by atoms with E-state index in [0.29, 0.717) is 11.7 Å². The highest BCUT2D eigenvalue weighted by Crippen LogP contribution is 2.13. The van der Waals surface area contributed by atoms with Crippen molar-refractivity contribution in [2.45, 2.75) is 13.5 Å². The minimum Gasteiger partial charge on any atom is -0.365 e. The zero-order valence-corrected chi connectivity index (χ0v) is 9.64. The summed E-state index contributed by atoms with van der Waals surface area (Å²) in [5, 5.41) is 7.58. The summed E-state index contributed by atoms with van der Waals surface area (Å²) in [4.78, 5) is 5.23. The van der Waals surface area contributed by atoms with Gasteiger partial charge in [-0.3, -0.25) is 0 Å². The van der Waals surface area contributed by atoms with Gasteiger partial charge in [-0.1, -0.05) is 22.2 Å². The molecule has 0 fully saturated rings. The molecule has 0 aliphatic rings. The van der Waals surface area contributed by atoms with Gasteiger partial charge in [0, 0.05) is 0 Å². The van der Waals surface area contributed by atoms with Gasteiger partial charge >= 0.3 is 0 Å². The van der Waals surface area contributed by atoms with Crippen molar-refractivity contribution in [3.8, 4) is 0 Å². The second kappa shape index (κ2) is 4.55. The molecule has 4 nitrogen and oxygen atoms in total. The van der Waals surface area contributed by atoms with E-state index in [1.165, 1.54) is 11.5 Å². The zero-order chi connectivity index (χ0) is 10.7. The van der Waals surface area contributed by atoms with Gasteiger partial charge in [-0.15, -0.1) is 5.10 Å². The van der Waals surface area contributed by atoms with Crippen molar-refractivity contribution in [1.82, 2.24) is 14.6 Å². The van der Waals surface area contributed by atoms with Gasteiger partial charge in [-0.25, -0.2) is 4.98 Å². The van der Waals surface area contributed by atoms with Gasteiger partial charge in [0.1, 0.15) is 11.0 Å². The number of nitrogens with one attached hydrogen (secondary N) is 1. The molecular formula is C9H9ClN4S. The van der Waals surface area contributed by atoms with Gasteiger partial charge in [-0.05, 0) is 30.6 Å². The van der Waals surface area contributed by atoms with Crippen LogP contribution >= 0.6 is 23.1 Å². The first-order valence-corrected chi connectivity index (χ1v) is 5.55. The van der Waals surface area contributed by atoms with Gasteiger partial charge in [0.2, 0.25) is 0 Å². The van der Waals surface area contributed by atoms with Crippen LogP contribution < -0.4 is 5.32 Å². The number of anilines is 1. The van der Waals surface area contributed by atoms with Gasteiger partial charge in [-0.2, -0.15) is 0 Å². The third-order valence-corrected chi connectivity index (χ3v) is 2.92. The molecule has 2 aromatic heterocycles. The number of hydrogen-bond donors (Lipinski definition) is 1. The topological polar surface area (TPSA) is 50.7 Å². The molecule has 0 aliphatic carbocycles. The lowest BCUT2D eigenvalue weighted by Gasteiger charge is -2.03. The Morgan fingerprint density at radius 3 is 3.00 bits per heavy atom. The molecule has 0 saturated carbocycles. The molecule has 6 heteroatoms. The first kappa shape index (κ1) is 10.3. The van der Waals surface area contributed by atoms with Crippen LogP contribution in [0.2, 0.25) is 5.15 Å². The van der Waals surface area contributed by atoms with E-state index in [1.54, 1.807) is 6.07 Å². The lowest BCUT2D eigenvalue weighted by Crippen LogP contribution is -2.00. The molecule has 0 bridgehead atoms. The number of aryl methyl sites for hydroxylation is 1. The van der Waals surface area contributed by atoms with Crippen molar-refractivity contribution in [1.29, 1.82) is 0 Å². The minimum absolute atomic E-state index is 0.485. The summed E-state index contributed by atoms with van der Waals surface area (Å²) in [6, 6.07) is 5.47. The highest BCUT2D eigenvalue weighted by atomic mass is 35.5. The molecule has 78 valence electrons. The Morgan fingerprint density at radius 2 is 2.33 bits per heavy atom. The smallest absolute Gasteiger partial charge is 0.131 e. The van der Waals surface area contributed by atoms with E-state index in [9.17, 15) is 0 Å². The van der Waals surface area contributed by atoms with Crippen LogP contribution in [0.25, 0.3) is 0 Å². The molecular weight excluding hydrogens is 232 g/mol. The number of aromatic nitrogens is 3. The Morgan fingerprint density at radius 1 is 1.47 bits per heavy atom. The number of hydrogen-bond acceptors (Lipinski definition) is 5. The summed E-state index contributed by atoms with van der Waals surface area (Å²) in [7, 11) is 0. The van der Waals surface area contributed by atoms with E-state index in [1.807, 2.05) is 19.1 Å². The molecule has 2 rings (SSSR count). The maximum absolute atomic E-state index is 5.76. The molecule has 2 aromatic rings. The molecule has 0 aromatic carbocycles. The van der Waals surface area contributed by atoms with Crippen molar-refractivity contribution in [2.75, 3.05) is 5.32 Å². The highest BCUT2D eigenvalue weighted by molar-refractivity contribution is 7.05. The second-order valence-electron chi connectivity index (χ2n) is 2.98.